The molecule has 3 heteroatoms. The minimum Gasteiger partial charge on any atom is -0.481 e. The first kappa shape index (κ1) is 10.0. The summed E-state index contributed by atoms with van der Waals surface area (Å²) < 4.78 is 0. The molecule has 1 aliphatic rings. The molecule has 3 nitrogen and oxygen atoms in total. The maximum Gasteiger partial charge on any atom is 0.303 e. The van der Waals surface area contributed by atoms with Crippen LogP contribution in [0.3, 0.4) is 0 Å². The zero-order valence-electron chi connectivity index (χ0n) is 8.57. The Balaban J connectivity index is 2.34. The van der Waals surface area contributed by atoms with Crippen LogP contribution in [0.2, 0.25) is 0 Å². The Hall–Kier alpha value is -1.51. The molecule has 0 aliphatic heterocycles. The summed E-state index contributed by atoms with van der Waals surface area (Å²) in [5, 5.41) is 8.83. The molecule has 0 bridgehead atoms. The second-order valence-electron chi connectivity index (χ2n) is 4.10. The molecule has 80 valence electrons. The smallest absolute Gasteiger partial charge is 0.303 e. The molecule has 1 aromatic carbocycles. The predicted octanol–water partition coefficient (Wildman–Crippen LogP) is 2.16. The Morgan fingerprint density at radius 3 is 3.07 bits per heavy atom. The topological polar surface area (TPSA) is 63.3 Å². The zero-order chi connectivity index (χ0) is 10.8. The van der Waals surface area contributed by atoms with E-state index in [2.05, 4.69) is 0 Å². The number of carboxylic acid groups (broad SMARTS) is 1. The Labute approximate surface area is 88.9 Å². The van der Waals surface area contributed by atoms with Crippen LogP contribution in [0.15, 0.2) is 18.2 Å². The van der Waals surface area contributed by atoms with Gasteiger partial charge in [0.15, 0.2) is 0 Å². The summed E-state index contributed by atoms with van der Waals surface area (Å²) in [6, 6.07) is 5.81. The number of carboxylic acids is 1. The first-order valence-electron chi connectivity index (χ1n) is 5.27. The number of hydrogen-bond donors (Lipinski definition) is 2. The van der Waals surface area contributed by atoms with Crippen molar-refractivity contribution in [3.63, 3.8) is 0 Å². The van der Waals surface area contributed by atoms with Crippen molar-refractivity contribution in [2.75, 3.05) is 5.73 Å². The molecule has 1 aliphatic carbocycles. The largest absolute Gasteiger partial charge is 0.481 e. The SMILES string of the molecule is Nc1cccc2c1CCCC2CC(=O)O. The number of carbonyl (C=O) groups is 1. The first-order valence-corrected chi connectivity index (χ1v) is 5.27. The Kier molecular flexibility index (Phi) is 2.62. The monoisotopic (exact) mass is 205 g/mol. The van der Waals surface area contributed by atoms with Crippen LogP contribution in [0, 0.1) is 0 Å². The van der Waals surface area contributed by atoms with Gasteiger partial charge in [-0.25, -0.2) is 0 Å². The lowest BCUT2D eigenvalue weighted by Crippen LogP contribution is -2.14. The Bertz CT molecular complexity index is 387. The highest BCUT2D eigenvalue weighted by atomic mass is 16.4. The van der Waals surface area contributed by atoms with E-state index >= 15 is 0 Å². The van der Waals surface area contributed by atoms with Gasteiger partial charge in [0.25, 0.3) is 0 Å². The van der Waals surface area contributed by atoms with Crippen LogP contribution in [-0.2, 0) is 11.2 Å². The highest BCUT2D eigenvalue weighted by Gasteiger charge is 2.23. The van der Waals surface area contributed by atoms with Gasteiger partial charge in [-0.05, 0) is 42.4 Å². The van der Waals surface area contributed by atoms with E-state index in [4.69, 9.17) is 10.8 Å². The molecule has 1 aromatic rings. The number of aliphatic carboxylic acids is 1. The van der Waals surface area contributed by atoms with Crippen LogP contribution < -0.4 is 5.73 Å². The lowest BCUT2D eigenvalue weighted by molar-refractivity contribution is -0.137. The third-order valence-corrected chi connectivity index (χ3v) is 3.09. The normalized spacial score (nSPS) is 19.6. The van der Waals surface area contributed by atoms with E-state index in [9.17, 15) is 4.79 Å². The molecular formula is C12H15NO2. The maximum absolute atomic E-state index is 10.7. The number of fused-ring (bicyclic) bond motifs is 1. The summed E-state index contributed by atoms with van der Waals surface area (Å²) in [5.41, 5.74) is 9.00. The van der Waals surface area contributed by atoms with Crippen LogP contribution in [0.4, 0.5) is 5.69 Å². The molecule has 0 fully saturated rings. The van der Waals surface area contributed by atoms with Crippen LogP contribution >= 0.6 is 0 Å². The fourth-order valence-corrected chi connectivity index (χ4v) is 2.40. The molecule has 15 heavy (non-hydrogen) atoms. The molecule has 3 N–H and O–H groups in total. The van der Waals surface area contributed by atoms with Gasteiger partial charge in [0.05, 0.1) is 6.42 Å². The molecule has 0 radical (unpaired) electrons. The zero-order valence-corrected chi connectivity index (χ0v) is 8.57. The Morgan fingerprint density at radius 2 is 2.33 bits per heavy atom. The fraction of sp³-hybridized carbons (Fsp3) is 0.417. The lowest BCUT2D eigenvalue weighted by atomic mass is 9.80. The van der Waals surface area contributed by atoms with Gasteiger partial charge >= 0.3 is 5.97 Å². The van der Waals surface area contributed by atoms with E-state index < -0.39 is 5.97 Å². The van der Waals surface area contributed by atoms with Gasteiger partial charge in [-0.15, -0.1) is 0 Å². The molecule has 0 aromatic heterocycles. The van der Waals surface area contributed by atoms with Crippen molar-refractivity contribution in [2.45, 2.75) is 31.6 Å². The van der Waals surface area contributed by atoms with Gasteiger partial charge in [0.1, 0.15) is 0 Å². The summed E-state index contributed by atoms with van der Waals surface area (Å²) in [6.07, 6.45) is 3.20. The second-order valence-corrected chi connectivity index (χ2v) is 4.10. The van der Waals surface area contributed by atoms with Crippen LogP contribution in [-0.4, -0.2) is 11.1 Å². The van der Waals surface area contributed by atoms with E-state index in [1.807, 2.05) is 18.2 Å². The molecular weight excluding hydrogens is 190 g/mol. The number of benzene rings is 1. The van der Waals surface area contributed by atoms with Crippen molar-refractivity contribution in [1.82, 2.24) is 0 Å². The summed E-state index contributed by atoms with van der Waals surface area (Å²) in [5.74, 6) is -0.579. The van der Waals surface area contributed by atoms with E-state index in [1.54, 1.807) is 0 Å². The molecule has 2 rings (SSSR count). The highest BCUT2D eigenvalue weighted by Crippen LogP contribution is 2.36. The number of rotatable bonds is 2. The quantitative estimate of drug-likeness (QED) is 0.727. The number of nitrogens with two attached hydrogens (primary N) is 1. The van der Waals surface area contributed by atoms with E-state index in [-0.39, 0.29) is 12.3 Å². The molecule has 0 heterocycles. The van der Waals surface area contributed by atoms with Crippen molar-refractivity contribution in [1.29, 1.82) is 0 Å². The predicted molar refractivity (Wildman–Crippen MR) is 58.8 cm³/mol. The average molecular weight is 205 g/mol. The number of hydrogen-bond acceptors (Lipinski definition) is 2. The van der Waals surface area contributed by atoms with Gasteiger partial charge in [-0.1, -0.05) is 12.1 Å². The van der Waals surface area contributed by atoms with Gasteiger partial charge in [0.2, 0.25) is 0 Å². The Morgan fingerprint density at radius 1 is 1.53 bits per heavy atom. The van der Waals surface area contributed by atoms with Gasteiger partial charge in [-0.2, -0.15) is 0 Å². The van der Waals surface area contributed by atoms with E-state index in [0.717, 1.165) is 36.1 Å². The summed E-state index contributed by atoms with van der Waals surface area (Å²) in [7, 11) is 0. The fourth-order valence-electron chi connectivity index (χ4n) is 2.40. The summed E-state index contributed by atoms with van der Waals surface area (Å²) in [4.78, 5) is 10.7. The molecule has 1 atom stereocenters. The van der Waals surface area contributed by atoms with E-state index in [0.29, 0.717) is 0 Å². The van der Waals surface area contributed by atoms with Crippen LogP contribution in [0.25, 0.3) is 0 Å². The minimum atomic E-state index is -0.727. The number of anilines is 1. The van der Waals surface area contributed by atoms with Gasteiger partial charge < -0.3 is 10.8 Å². The van der Waals surface area contributed by atoms with Crippen LogP contribution in [0.1, 0.15) is 36.3 Å². The number of nitrogen functional groups attached to an aromatic ring is 1. The van der Waals surface area contributed by atoms with Crippen LogP contribution in [0.5, 0.6) is 0 Å². The first-order chi connectivity index (χ1) is 7.18. The second kappa shape index (κ2) is 3.93. The molecule has 1 unspecified atom stereocenters. The molecule has 0 spiro atoms. The lowest BCUT2D eigenvalue weighted by Gasteiger charge is -2.25. The highest BCUT2D eigenvalue weighted by molar-refractivity contribution is 5.68. The van der Waals surface area contributed by atoms with Crippen molar-refractivity contribution in [3.8, 4) is 0 Å². The third-order valence-electron chi connectivity index (χ3n) is 3.09. The third kappa shape index (κ3) is 1.96. The van der Waals surface area contributed by atoms with Gasteiger partial charge in [-0.3, -0.25) is 4.79 Å². The van der Waals surface area contributed by atoms with Gasteiger partial charge in [0, 0.05) is 5.69 Å². The van der Waals surface area contributed by atoms with Crippen molar-refractivity contribution < 1.29 is 9.90 Å². The maximum atomic E-state index is 10.7. The van der Waals surface area contributed by atoms with Crippen molar-refractivity contribution in [3.05, 3.63) is 29.3 Å². The average Bonchev–Trinajstić information content (AvgIpc) is 2.19. The summed E-state index contributed by atoms with van der Waals surface area (Å²) >= 11 is 0. The molecule has 0 amide bonds. The molecule has 0 saturated carbocycles. The molecule has 0 saturated heterocycles. The van der Waals surface area contributed by atoms with E-state index in [1.165, 1.54) is 0 Å². The summed E-state index contributed by atoms with van der Waals surface area (Å²) in [6.45, 7) is 0. The standard InChI is InChI=1S/C12H15NO2/c13-11-6-2-4-9-8(7-12(14)15)3-1-5-10(9)11/h2,4,6,8H,1,3,5,7,13H2,(H,14,15). The van der Waals surface area contributed by atoms with Crippen molar-refractivity contribution in [2.24, 2.45) is 0 Å². The van der Waals surface area contributed by atoms with Crippen molar-refractivity contribution >= 4 is 11.7 Å². The minimum absolute atomic E-state index is 0.148.